The van der Waals surface area contributed by atoms with Crippen LogP contribution in [0.25, 0.3) is 0 Å². The van der Waals surface area contributed by atoms with Gasteiger partial charge in [0.15, 0.2) is 0 Å². The summed E-state index contributed by atoms with van der Waals surface area (Å²) in [6.07, 6.45) is 9.30. The van der Waals surface area contributed by atoms with Gasteiger partial charge in [0.2, 0.25) is 0 Å². The van der Waals surface area contributed by atoms with E-state index in [-0.39, 0.29) is 6.10 Å². The highest BCUT2D eigenvalue weighted by Crippen LogP contribution is 1.93. The van der Waals surface area contributed by atoms with Crippen molar-refractivity contribution in [1.29, 1.82) is 0 Å². The van der Waals surface area contributed by atoms with Crippen LogP contribution in [0.1, 0.15) is 13.3 Å². The predicted molar refractivity (Wildman–Crippen MR) is 44.8 cm³/mol. The Morgan fingerprint density at radius 3 is 2.70 bits per heavy atom. The van der Waals surface area contributed by atoms with Crippen LogP contribution in [0.5, 0.6) is 0 Å². The molecule has 0 fully saturated rings. The van der Waals surface area contributed by atoms with E-state index in [2.05, 4.69) is 6.58 Å². The molecule has 0 aliphatic rings. The number of allylic oxidation sites excluding steroid dienone is 3. The Hall–Kier alpha value is -0.820. The van der Waals surface area contributed by atoms with Gasteiger partial charge in [0, 0.05) is 0 Å². The van der Waals surface area contributed by atoms with Crippen LogP contribution < -0.4 is 0 Å². The molecule has 0 unspecified atom stereocenters. The molecule has 0 saturated heterocycles. The second-order valence-corrected chi connectivity index (χ2v) is 2.00. The molecule has 1 nitrogen and oxygen atoms in total. The van der Waals surface area contributed by atoms with Crippen LogP contribution in [0.15, 0.2) is 37.0 Å². The summed E-state index contributed by atoms with van der Waals surface area (Å²) in [4.78, 5) is 0. The maximum Gasteiger partial charge on any atom is 0.0758 e. The maximum atomic E-state index is 9.08. The fourth-order valence-electron chi connectivity index (χ4n) is 0.553. The lowest BCUT2D eigenvalue weighted by atomic mass is 10.2. The molecule has 0 saturated carbocycles. The maximum absolute atomic E-state index is 9.08. The van der Waals surface area contributed by atoms with Gasteiger partial charge in [-0.1, -0.05) is 30.4 Å². The van der Waals surface area contributed by atoms with Crippen LogP contribution in [0.2, 0.25) is 0 Å². The first-order valence-electron chi connectivity index (χ1n) is 3.39. The Morgan fingerprint density at radius 1 is 1.50 bits per heavy atom. The van der Waals surface area contributed by atoms with E-state index in [0.717, 1.165) is 0 Å². The van der Waals surface area contributed by atoms with Gasteiger partial charge in [-0.25, -0.2) is 0 Å². The van der Waals surface area contributed by atoms with Gasteiger partial charge in [-0.05, 0) is 13.3 Å². The van der Waals surface area contributed by atoms with Crippen molar-refractivity contribution in [3.05, 3.63) is 37.0 Å². The fraction of sp³-hybridized carbons (Fsp3) is 0.333. The average Bonchev–Trinajstić information content (AvgIpc) is 1.89. The minimum Gasteiger partial charge on any atom is -0.389 e. The molecule has 0 aliphatic heterocycles. The molecule has 0 amide bonds. The number of aliphatic hydroxyl groups excluding tert-OH is 1. The van der Waals surface area contributed by atoms with Gasteiger partial charge in [0.25, 0.3) is 0 Å². The molecule has 0 heterocycles. The molecule has 0 rings (SSSR count). The van der Waals surface area contributed by atoms with Crippen LogP contribution >= 0.6 is 0 Å². The smallest absolute Gasteiger partial charge is 0.0758 e. The highest BCUT2D eigenvalue weighted by molar-refractivity contribution is 5.04. The highest BCUT2D eigenvalue weighted by atomic mass is 16.3. The third kappa shape index (κ3) is 5.32. The van der Waals surface area contributed by atoms with E-state index in [4.69, 9.17) is 5.11 Å². The summed E-state index contributed by atoms with van der Waals surface area (Å²) in [6, 6.07) is 0. The molecule has 1 N–H and O–H groups in total. The van der Waals surface area contributed by atoms with E-state index in [1.165, 1.54) is 0 Å². The molecule has 56 valence electrons. The first kappa shape index (κ1) is 9.18. The summed E-state index contributed by atoms with van der Waals surface area (Å²) in [5.74, 6) is 0. The number of hydrogen-bond donors (Lipinski definition) is 1. The summed E-state index contributed by atoms with van der Waals surface area (Å²) in [5.41, 5.74) is 0. The quantitative estimate of drug-likeness (QED) is 0.465. The van der Waals surface area contributed by atoms with E-state index in [9.17, 15) is 0 Å². The van der Waals surface area contributed by atoms with E-state index in [1.807, 2.05) is 25.2 Å². The Labute approximate surface area is 62.4 Å². The minimum absolute atomic E-state index is 0.381. The number of aliphatic hydroxyl groups is 1. The summed E-state index contributed by atoms with van der Waals surface area (Å²) < 4.78 is 0. The van der Waals surface area contributed by atoms with E-state index in [0.29, 0.717) is 6.42 Å². The van der Waals surface area contributed by atoms with Crippen LogP contribution in [0.4, 0.5) is 0 Å². The zero-order valence-electron chi connectivity index (χ0n) is 6.33. The van der Waals surface area contributed by atoms with Gasteiger partial charge in [-0.15, -0.1) is 6.58 Å². The van der Waals surface area contributed by atoms with Crippen molar-refractivity contribution in [3.63, 3.8) is 0 Å². The Bertz CT molecular complexity index is 134. The van der Waals surface area contributed by atoms with Crippen molar-refractivity contribution in [3.8, 4) is 0 Å². The van der Waals surface area contributed by atoms with Gasteiger partial charge in [-0.2, -0.15) is 0 Å². The summed E-state index contributed by atoms with van der Waals surface area (Å²) >= 11 is 0. The highest BCUT2D eigenvalue weighted by Gasteiger charge is 1.90. The predicted octanol–water partition coefficient (Wildman–Crippen LogP) is 2.06. The molecule has 0 aromatic heterocycles. The van der Waals surface area contributed by atoms with E-state index in [1.54, 1.807) is 12.2 Å². The molecule has 0 radical (unpaired) electrons. The van der Waals surface area contributed by atoms with Crippen molar-refractivity contribution >= 4 is 0 Å². The molecule has 0 aromatic carbocycles. The summed E-state index contributed by atoms with van der Waals surface area (Å²) in [7, 11) is 0. The second kappa shape index (κ2) is 6.30. The zero-order chi connectivity index (χ0) is 7.82. The SMILES string of the molecule is C=CC[C@H](O)/C=C/C=C/C. The van der Waals surface area contributed by atoms with Gasteiger partial charge in [0.05, 0.1) is 6.10 Å². The lowest BCUT2D eigenvalue weighted by Gasteiger charge is -1.97. The Morgan fingerprint density at radius 2 is 2.20 bits per heavy atom. The molecule has 0 aromatic rings. The van der Waals surface area contributed by atoms with Gasteiger partial charge in [0.1, 0.15) is 0 Å². The van der Waals surface area contributed by atoms with Crippen molar-refractivity contribution in [2.24, 2.45) is 0 Å². The molecule has 10 heavy (non-hydrogen) atoms. The van der Waals surface area contributed by atoms with Crippen LogP contribution in [-0.4, -0.2) is 11.2 Å². The molecule has 1 heteroatoms. The van der Waals surface area contributed by atoms with Gasteiger partial charge in [-0.3, -0.25) is 0 Å². The van der Waals surface area contributed by atoms with Crippen molar-refractivity contribution in [2.75, 3.05) is 0 Å². The number of rotatable bonds is 4. The third-order valence-electron chi connectivity index (χ3n) is 1.04. The molecular weight excluding hydrogens is 124 g/mol. The first-order chi connectivity index (χ1) is 4.81. The Kier molecular flexibility index (Phi) is 5.79. The summed E-state index contributed by atoms with van der Waals surface area (Å²) in [5, 5.41) is 9.08. The van der Waals surface area contributed by atoms with Crippen LogP contribution in [-0.2, 0) is 0 Å². The monoisotopic (exact) mass is 138 g/mol. The normalized spacial score (nSPS) is 14.6. The number of hydrogen-bond acceptors (Lipinski definition) is 1. The Balaban J connectivity index is 3.54. The largest absolute Gasteiger partial charge is 0.389 e. The van der Waals surface area contributed by atoms with Crippen LogP contribution in [0.3, 0.4) is 0 Å². The van der Waals surface area contributed by atoms with Gasteiger partial charge < -0.3 is 5.11 Å². The lowest BCUT2D eigenvalue weighted by Crippen LogP contribution is -1.98. The molecular formula is C9H14O. The van der Waals surface area contributed by atoms with Crippen molar-refractivity contribution in [2.45, 2.75) is 19.4 Å². The average molecular weight is 138 g/mol. The first-order valence-corrected chi connectivity index (χ1v) is 3.39. The molecule has 0 aliphatic carbocycles. The van der Waals surface area contributed by atoms with E-state index < -0.39 is 0 Å². The lowest BCUT2D eigenvalue weighted by molar-refractivity contribution is 0.227. The standard InChI is InChI=1S/C9H14O/c1-3-5-6-8-9(10)7-4-2/h3-6,8-10H,2,7H2,1H3/b5-3+,8-6+/t9-/m0/s1. The van der Waals surface area contributed by atoms with Gasteiger partial charge >= 0.3 is 0 Å². The molecule has 1 atom stereocenters. The van der Waals surface area contributed by atoms with Crippen molar-refractivity contribution in [1.82, 2.24) is 0 Å². The van der Waals surface area contributed by atoms with Crippen molar-refractivity contribution < 1.29 is 5.11 Å². The van der Waals surface area contributed by atoms with Crippen LogP contribution in [0, 0.1) is 0 Å². The molecule has 0 bridgehead atoms. The molecule has 0 spiro atoms. The summed E-state index contributed by atoms with van der Waals surface area (Å²) in [6.45, 7) is 5.45. The second-order valence-electron chi connectivity index (χ2n) is 2.00. The zero-order valence-corrected chi connectivity index (χ0v) is 6.33. The minimum atomic E-state index is -0.381. The topological polar surface area (TPSA) is 20.2 Å². The fourth-order valence-corrected chi connectivity index (χ4v) is 0.553. The third-order valence-corrected chi connectivity index (χ3v) is 1.04. The van der Waals surface area contributed by atoms with E-state index >= 15 is 0 Å².